The molecule has 0 spiro atoms. The summed E-state index contributed by atoms with van der Waals surface area (Å²) < 4.78 is 5.35. The Bertz CT molecular complexity index is 898. The zero-order chi connectivity index (χ0) is 19.2. The van der Waals surface area contributed by atoms with Crippen LogP contribution in [-0.4, -0.2) is 32.2 Å². The van der Waals surface area contributed by atoms with Gasteiger partial charge in [-0.05, 0) is 42.0 Å². The van der Waals surface area contributed by atoms with Gasteiger partial charge in [0.2, 0.25) is 0 Å². The largest absolute Gasteiger partial charge is 0.378 e. The van der Waals surface area contributed by atoms with E-state index in [-0.39, 0.29) is 5.57 Å². The molecule has 3 rings (SSSR count). The van der Waals surface area contributed by atoms with Gasteiger partial charge in [0, 0.05) is 24.5 Å². The van der Waals surface area contributed by atoms with Crippen LogP contribution in [0.5, 0.6) is 0 Å². The molecule has 2 aromatic rings. The number of ether oxygens (including phenoxy) is 1. The summed E-state index contributed by atoms with van der Waals surface area (Å²) >= 11 is 12.1. The first kappa shape index (κ1) is 19.2. The summed E-state index contributed by atoms with van der Waals surface area (Å²) in [6, 6.07) is 14.4. The van der Waals surface area contributed by atoms with Crippen molar-refractivity contribution in [3.05, 3.63) is 63.6 Å². The second kappa shape index (κ2) is 8.92. The maximum atomic E-state index is 12.4. The number of carbonyl (C=O) groups is 1. The summed E-state index contributed by atoms with van der Waals surface area (Å²) in [5.41, 5.74) is 2.13. The molecule has 1 aliphatic rings. The van der Waals surface area contributed by atoms with E-state index >= 15 is 0 Å². The number of halogens is 2. The van der Waals surface area contributed by atoms with Crippen molar-refractivity contribution >= 4 is 46.6 Å². The fourth-order valence-corrected chi connectivity index (χ4v) is 3.07. The van der Waals surface area contributed by atoms with Gasteiger partial charge in [0.25, 0.3) is 5.91 Å². The van der Waals surface area contributed by atoms with Crippen molar-refractivity contribution in [3.8, 4) is 6.07 Å². The summed E-state index contributed by atoms with van der Waals surface area (Å²) in [7, 11) is 0. The Hall–Kier alpha value is -2.52. The van der Waals surface area contributed by atoms with E-state index in [1.807, 2.05) is 30.3 Å². The number of anilines is 2. The van der Waals surface area contributed by atoms with E-state index in [1.54, 1.807) is 18.2 Å². The normalized spacial score (nSPS) is 14.6. The average molecular weight is 402 g/mol. The lowest BCUT2D eigenvalue weighted by atomic mass is 10.1. The molecule has 0 aromatic heterocycles. The molecule has 1 fully saturated rings. The predicted octanol–water partition coefficient (Wildman–Crippen LogP) is 4.38. The van der Waals surface area contributed by atoms with Gasteiger partial charge >= 0.3 is 0 Å². The van der Waals surface area contributed by atoms with Crippen LogP contribution in [0.25, 0.3) is 6.08 Å². The summed E-state index contributed by atoms with van der Waals surface area (Å²) in [5.74, 6) is -0.507. The number of nitrogens with one attached hydrogen (secondary N) is 1. The molecule has 0 unspecified atom stereocenters. The van der Waals surface area contributed by atoms with Crippen molar-refractivity contribution in [2.75, 3.05) is 36.5 Å². The van der Waals surface area contributed by atoms with Crippen molar-refractivity contribution in [2.24, 2.45) is 0 Å². The summed E-state index contributed by atoms with van der Waals surface area (Å²) in [5, 5.41) is 12.7. The number of rotatable bonds is 4. The van der Waals surface area contributed by atoms with Crippen molar-refractivity contribution in [1.82, 2.24) is 0 Å². The second-order valence-corrected chi connectivity index (χ2v) is 6.70. The summed E-state index contributed by atoms with van der Waals surface area (Å²) in [4.78, 5) is 14.6. The number of hydrogen-bond donors (Lipinski definition) is 1. The molecule has 2 aromatic carbocycles. The van der Waals surface area contributed by atoms with Gasteiger partial charge in [-0.25, -0.2) is 0 Å². The van der Waals surface area contributed by atoms with Gasteiger partial charge in [0.05, 0.1) is 23.3 Å². The molecule has 1 heterocycles. The quantitative estimate of drug-likeness (QED) is 0.609. The number of benzene rings is 2. The Balaban J connectivity index is 1.72. The van der Waals surface area contributed by atoms with Crippen molar-refractivity contribution in [1.29, 1.82) is 5.26 Å². The van der Waals surface area contributed by atoms with Gasteiger partial charge in [-0.3, -0.25) is 4.79 Å². The molecule has 27 heavy (non-hydrogen) atoms. The Morgan fingerprint density at radius 2 is 1.85 bits per heavy atom. The minimum atomic E-state index is -0.507. The lowest BCUT2D eigenvalue weighted by Gasteiger charge is -2.28. The Morgan fingerprint density at radius 1 is 1.15 bits per heavy atom. The van der Waals surface area contributed by atoms with Crippen LogP contribution < -0.4 is 10.2 Å². The number of nitrogens with zero attached hydrogens (tertiary/aromatic N) is 2. The third-order valence-electron chi connectivity index (χ3n) is 4.15. The first-order valence-corrected chi connectivity index (χ1v) is 9.14. The van der Waals surface area contributed by atoms with E-state index in [4.69, 9.17) is 27.9 Å². The van der Waals surface area contributed by atoms with E-state index in [9.17, 15) is 10.1 Å². The third kappa shape index (κ3) is 4.81. The number of nitriles is 1. The highest BCUT2D eigenvalue weighted by Gasteiger charge is 2.13. The van der Waals surface area contributed by atoms with E-state index in [2.05, 4.69) is 10.2 Å². The zero-order valence-corrected chi connectivity index (χ0v) is 15.9. The van der Waals surface area contributed by atoms with E-state index in [1.165, 1.54) is 6.08 Å². The highest BCUT2D eigenvalue weighted by atomic mass is 35.5. The van der Waals surface area contributed by atoms with Crippen LogP contribution in [-0.2, 0) is 9.53 Å². The van der Waals surface area contributed by atoms with E-state index in [0.717, 1.165) is 18.8 Å². The van der Waals surface area contributed by atoms with Crippen LogP contribution in [0.4, 0.5) is 11.4 Å². The molecule has 0 bridgehead atoms. The van der Waals surface area contributed by atoms with Gasteiger partial charge in [0.15, 0.2) is 0 Å². The maximum absolute atomic E-state index is 12.4. The van der Waals surface area contributed by atoms with Crippen LogP contribution >= 0.6 is 23.2 Å². The molecule has 0 atom stereocenters. The van der Waals surface area contributed by atoms with Crippen molar-refractivity contribution in [2.45, 2.75) is 0 Å². The fourth-order valence-electron chi connectivity index (χ4n) is 2.71. The summed E-state index contributed by atoms with van der Waals surface area (Å²) in [6.45, 7) is 3.10. The first-order chi connectivity index (χ1) is 13.1. The topological polar surface area (TPSA) is 65.4 Å². The molecule has 1 N–H and O–H groups in total. The molecule has 0 radical (unpaired) electrons. The number of carbonyl (C=O) groups excluding carboxylic acids is 1. The molecule has 138 valence electrons. The van der Waals surface area contributed by atoms with Crippen LogP contribution in [0.2, 0.25) is 10.0 Å². The van der Waals surface area contributed by atoms with Crippen molar-refractivity contribution < 1.29 is 9.53 Å². The highest BCUT2D eigenvalue weighted by molar-refractivity contribution is 6.43. The lowest BCUT2D eigenvalue weighted by molar-refractivity contribution is -0.112. The van der Waals surface area contributed by atoms with Crippen LogP contribution in [0.1, 0.15) is 5.56 Å². The van der Waals surface area contributed by atoms with Gasteiger partial charge in [0.1, 0.15) is 11.6 Å². The Kier molecular flexibility index (Phi) is 6.36. The lowest BCUT2D eigenvalue weighted by Crippen LogP contribution is -2.36. The molecular formula is C20H17Cl2N3O2. The zero-order valence-electron chi connectivity index (χ0n) is 14.4. The minimum Gasteiger partial charge on any atom is -0.378 e. The molecular weight excluding hydrogens is 385 g/mol. The first-order valence-electron chi connectivity index (χ1n) is 8.38. The molecule has 7 heteroatoms. The minimum absolute atomic E-state index is 0.0589. The molecule has 1 aliphatic heterocycles. The average Bonchev–Trinajstić information content (AvgIpc) is 2.70. The predicted molar refractivity (Wildman–Crippen MR) is 108 cm³/mol. The Morgan fingerprint density at radius 3 is 2.52 bits per heavy atom. The molecule has 5 nitrogen and oxygen atoms in total. The number of hydrogen-bond acceptors (Lipinski definition) is 4. The van der Waals surface area contributed by atoms with Crippen molar-refractivity contribution in [3.63, 3.8) is 0 Å². The fraction of sp³-hybridized carbons (Fsp3) is 0.200. The number of amides is 1. The van der Waals surface area contributed by atoms with Gasteiger partial charge in [-0.2, -0.15) is 5.26 Å². The van der Waals surface area contributed by atoms with Crippen LogP contribution in [0.3, 0.4) is 0 Å². The van der Waals surface area contributed by atoms with Gasteiger partial charge in [-0.1, -0.05) is 35.3 Å². The monoisotopic (exact) mass is 401 g/mol. The Labute approximate surface area is 167 Å². The third-order valence-corrected chi connectivity index (χ3v) is 4.98. The highest BCUT2D eigenvalue weighted by Crippen LogP contribution is 2.27. The molecule has 1 saturated heterocycles. The molecule has 0 saturated carbocycles. The van der Waals surface area contributed by atoms with Crippen LogP contribution in [0, 0.1) is 11.3 Å². The smallest absolute Gasteiger partial charge is 0.266 e. The SMILES string of the molecule is N#C/C(=C/c1cccc(Cl)c1Cl)C(=O)Nc1ccc(N2CCOCC2)cc1. The van der Waals surface area contributed by atoms with Gasteiger partial charge in [-0.15, -0.1) is 0 Å². The molecule has 0 aliphatic carbocycles. The maximum Gasteiger partial charge on any atom is 0.266 e. The van der Waals surface area contributed by atoms with E-state index < -0.39 is 5.91 Å². The van der Waals surface area contributed by atoms with Gasteiger partial charge < -0.3 is 15.0 Å². The van der Waals surface area contributed by atoms with Crippen LogP contribution in [0.15, 0.2) is 48.0 Å². The second-order valence-electron chi connectivity index (χ2n) is 5.91. The number of morpholine rings is 1. The summed E-state index contributed by atoms with van der Waals surface area (Å²) in [6.07, 6.45) is 1.42. The standard InChI is InChI=1S/C20H17Cl2N3O2/c21-18-3-1-2-14(19(18)22)12-15(13-23)20(26)24-16-4-6-17(7-5-16)25-8-10-27-11-9-25/h1-7,12H,8-11H2,(H,24,26)/b15-12-. The van der Waals surface area contributed by atoms with E-state index in [0.29, 0.717) is 34.5 Å². The molecule has 1 amide bonds.